The van der Waals surface area contributed by atoms with Crippen LogP contribution >= 0.6 is 0 Å². The third kappa shape index (κ3) is 5.39. The number of hydrogen-bond acceptors (Lipinski definition) is 7. The molecule has 0 radical (unpaired) electrons. The van der Waals surface area contributed by atoms with E-state index < -0.39 is 27.6 Å². The molecule has 1 unspecified atom stereocenters. The van der Waals surface area contributed by atoms with Gasteiger partial charge in [0.1, 0.15) is 0 Å². The number of carbonyl (C=O) groups is 2. The molecule has 0 saturated heterocycles. The number of nitrogens with zero attached hydrogens (tertiary/aromatic N) is 4. The molecule has 1 aromatic heterocycles. The van der Waals surface area contributed by atoms with Gasteiger partial charge in [-0.1, -0.05) is 0 Å². The van der Waals surface area contributed by atoms with Crippen molar-refractivity contribution in [3.05, 3.63) is 79.5 Å². The molecule has 12 heteroatoms. The standard InChI is InChI=1S/C36H37N7O4S/c1-36(2,46)20-15-16-39-31(17-20)48(47,42-34(44)40-32-25-11-3-7-21(25)29(18-37)22-8-4-12-26(22)32)43-35(45)41-33-27-13-5-9-23(27)30(19-38)24-10-6-14-28(24)33/h15-17,46H,3-14H2,1-2H3,(H3,40,41,42,43,44,45,47). The molecule has 1 atom stereocenters. The van der Waals surface area contributed by atoms with Crippen molar-refractivity contribution in [1.82, 2.24) is 9.71 Å². The number of aliphatic hydroxyl groups is 1. The summed E-state index contributed by atoms with van der Waals surface area (Å²) in [6, 6.07) is 5.98. The van der Waals surface area contributed by atoms with Crippen LogP contribution in [0.4, 0.5) is 21.0 Å². The van der Waals surface area contributed by atoms with Crippen LogP contribution in [0.3, 0.4) is 0 Å². The smallest absolute Gasteiger partial charge is 0.355 e. The number of amides is 4. The predicted molar refractivity (Wildman–Crippen MR) is 180 cm³/mol. The molecule has 4 aliphatic rings. The van der Waals surface area contributed by atoms with Gasteiger partial charge in [0.25, 0.3) is 0 Å². The average molecular weight is 664 g/mol. The summed E-state index contributed by atoms with van der Waals surface area (Å²) in [7, 11) is -4.05. The lowest BCUT2D eigenvalue weighted by atomic mass is 9.93. The number of pyridine rings is 1. The Morgan fingerprint density at radius 1 is 0.792 bits per heavy atom. The minimum atomic E-state index is -4.05. The number of fused-ring (bicyclic) bond motifs is 4. The van der Waals surface area contributed by atoms with E-state index in [2.05, 4.69) is 36.8 Å². The van der Waals surface area contributed by atoms with Gasteiger partial charge in [-0.25, -0.2) is 23.5 Å². The van der Waals surface area contributed by atoms with Crippen LogP contribution < -0.4 is 15.4 Å². The van der Waals surface area contributed by atoms with Crippen LogP contribution in [-0.2, 0) is 66.9 Å². The van der Waals surface area contributed by atoms with Gasteiger partial charge in [0.05, 0.1) is 28.9 Å². The molecule has 1 heterocycles. The highest BCUT2D eigenvalue weighted by atomic mass is 32.2. The number of nitriles is 2. The van der Waals surface area contributed by atoms with Gasteiger partial charge in [-0.05, 0) is 153 Å². The van der Waals surface area contributed by atoms with E-state index in [1.807, 2.05) is 0 Å². The second-order valence-electron chi connectivity index (χ2n) is 13.5. The first-order chi connectivity index (χ1) is 23.0. The van der Waals surface area contributed by atoms with Crippen molar-refractivity contribution in [2.75, 3.05) is 10.6 Å². The van der Waals surface area contributed by atoms with Crippen LogP contribution in [0.25, 0.3) is 0 Å². The summed E-state index contributed by atoms with van der Waals surface area (Å²) >= 11 is 0. The SMILES string of the molecule is CC(C)(O)c1ccnc(S(=O)(=NC(=O)Nc2c3c(c(C#N)c4c2CCC4)CCC3)NC(=O)Nc2c3c(c(C#N)c4c2CCC4)CCC3)c1. The summed E-state index contributed by atoms with van der Waals surface area (Å²) in [6.45, 7) is 3.13. The van der Waals surface area contributed by atoms with Crippen molar-refractivity contribution in [3.63, 3.8) is 0 Å². The molecule has 246 valence electrons. The van der Waals surface area contributed by atoms with Gasteiger partial charge in [0.15, 0.2) is 14.9 Å². The highest BCUT2D eigenvalue weighted by Gasteiger charge is 2.32. The number of carbonyl (C=O) groups excluding carboxylic acids is 2. The van der Waals surface area contributed by atoms with E-state index in [9.17, 15) is 29.4 Å². The summed E-state index contributed by atoms with van der Waals surface area (Å²) in [5.74, 6) is 0. The first-order valence-electron chi connectivity index (χ1n) is 16.6. The zero-order valence-corrected chi connectivity index (χ0v) is 27.9. The van der Waals surface area contributed by atoms with Gasteiger partial charge in [0.2, 0.25) is 0 Å². The maximum absolute atomic E-state index is 14.8. The number of anilines is 2. The summed E-state index contributed by atoms with van der Waals surface area (Å²) in [4.78, 5) is 31.8. The third-order valence-corrected chi connectivity index (χ3v) is 11.8. The first-order valence-corrected chi connectivity index (χ1v) is 18.1. The molecule has 2 aromatic carbocycles. The fraction of sp³-hybridized carbons (Fsp3) is 0.417. The van der Waals surface area contributed by atoms with Crippen molar-refractivity contribution in [1.29, 1.82) is 10.5 Å². The molecule has 0 bridgehead atoms. The Morgan fingerprint density at radius 3 is 1.67 bits per heavy atom. The van der Waals surface area contributed by atoms with Crippen LogP contribution in [0, 0.1) is 22.7 Å². The third-order valence-electron chi connectivity index (χ3n) is 10.1. The van der Waals surface area contributed by atoms with Crippen molar-refractivity contribution in [2.45, 2.75) is 102 Å². The zero-order valence-electron chi connectivity index (χ0n) is 27.1. The van der Waals surface area contributed by atoms with E-state index >= 15 is 0 Å². The largest absolute Gasteiger partial charge is 0.386 e. The van der Waals surface area contributed by atoms with Gasteiger partial charge in [-0.3, -0.25) is 0 Å². The summed E-state index contributed by atoms with van der Waals surface area (Å²) < 4.78 is 21.4. The molecular formula is C36H37N7O4S. The molecule has 4 N–H and O–H groups in total. The van der Waals surface area contributed by atoms with E-state index in [4.69, 9.17) is 0 Å². The molecule has 0 fully saturated rings. The topological polar surface area (TPSA) is 180 Å². The Labute approximate surface area is 280 Å². The molecule has 4 aliphatic carbocycles. The van der Waals surface area contributed by atoms with Crippen LogP contribution in [-0.4, -0.2) is 26.4 Å². The lowest BCUT2D eigenvalue weighted by molar-refractivity contribution is 0.0782. The number of urea groups is 2. The molecule has 48 heavy (non-hydrogen) atoms. The quantitative estimate of drug-likeness (QED) is 0.266. The van der Waals surface area contributed by atoms with Crippen molar-refractivity contribution in [3.8, 4) is 12.1 Å². The highest BCUT2D eigenvalue weighted by molar-refractivity contribution is 7.92. The van der Waals surface area contributed by atoms with E-state index in [0.717, 1.165) is 95.9 Å². The van der Waals surface area contributed by atoms with Gasteiger partial charge >= 0.3 is 12.1 Å². The first kappa shape index (κ1) is 31.8. The fourth-order valence-electron chi connectivity index (χ4n) is 8.06. The van der Waals surface area contributed by atoms with Gasteiger partial charge < -0.3 is 15.7 Å². The Kier molecular flexibility index (Phi) is 7.97. The molecule has 3 aromatic rings. The Balaban J connectivity index is 1.28. The number of aromatic nitrogens is 1. The van der Waals surface area contributed by atoms with E-state index in [-0.39, 0.29) is 5.03 Å². The van der Waals surface area contributed by atoms with Gasteiger partial charge in [-0.15, -0.1) is 4.36 Å². The molecule has 4 amide bonds. The molecule has 0 saturated carbocycles. The Morgan fingerprint density at radius 2 is 1.23 bits per heavy atom. The predicted octanol–water partition coefficient (Wildman–Crippen LogP) is 5.80. The molecular weight excluding hydrogens is 627 g/mol. The van der Waals surface area contributed by atoms with E-state index in [1.165, 1.54) is 12.3 Å². The van der Waals surface area contributed by atoms with Crippen LogP contribution in [0.15, 0.2) is 27.7 Å². The maximum atomic E-state index is 14.8. The molecule has 0 spiro atoms. The van der Waals surface area contributed by atoms with Crippen molar-refractivity contribution < 1.29 is 18.9 Å². The van der Waals surface area contributed by atoms with Gasteiger partial charge in [0, 0.05) is 17.6 Å². The molecule has 11 nitrogen and oxygen atoms in total. The minimum Gasteiger partial charge on any atom is -0.386 e. The molecule has 0 aliphatic heterocycles. The summed E-state index contributed by atoms with van der Waals surface area (Å²) in [6.07, 6.45) is 10.7. The Bertz CT molecular complexity index is 2060. The van der Waals surface area contributed by atoms with E-state index in [1.54, 1.807) is 19.9 Å². The number of benzene rings is 2. The number of hydrogen-bond donors (Lipinski definition) is 4. The van der Waals surface area contributed by atoms with Crippen molar-refractivity contribution in [2.24, 2.45) is 4.36 Å². The Hall–Kier alpha value is -4.78. The monoisotopic (exact) mass is 663 g/mol. The lowest BCUT2D eigenvalue weighted by Crippen LogP contribution is -2.36. The summed E-state index contributed by atoms with van der Waals surface area (Å²) in [5, 5.41) is 36.2. The highest BCUT2D eigenvalue weighted by Crippen LogP contribution is 2.43. The van der Waals surface area contributed by atoms with Crippen LogP contribution in [0.5, 0.6) is 0 Å². The van der Waals surface area contributed by atoms with Crippen LogP contribution in [0.2, 0.25) is 0 Å². The summed E-state index contributed by atoms with van der Waals surface area (Å²) in [5.41, 5.74) is 9.24. The number of nitrogens with one attached hydrogen (secondary N) is 3. The zero-order chi connectivity index (χ0) is 33.8. The number of rotatable bonds is 5. The van der Waals surface area contributed by atoms with Crippen LogP contribution in [0.1, 0.15) is 101 Å². The minimum absolute atomic E-state index is 0.182. The normalized spacial score (nSPS) is 16.9. The fourth-order valence-corrected chi connectivity index (χ4v) is 9.37. The lowest BCUT2D eigenvalue weighted by Gasteiger charge is -2.21. The maximum Gasteiger partial charge on any atom is 0.355 e. The van der Waals surface area contributed by atoms with Crippen molar-refractivity contribution >= 4 is 33.4 Å². The van der Waals surface area contributed by atoms with Gasteiger partial charge in [-0.2, -0.15) is 10.5 Å². The second kappa shape index (κ2) is 12.0. The molecule has 7 rings (SSSR count). The average Bonchev–Trinajstić information content (AvgIpc) is 3.87. The second-order valence-corrected chi connectivity index (χ2v) is 15.4. The van der Waals surface area contributed by atoms with E-state index in [0.29, 0.717) is 53.7 Å².